The van der Waals surface area contributed by atoms with Gasteiger partial charge in [-0.15, -0.1) is 0 Å². The van der Waals surface area contributed by atoms with Crippen LogP contribution in [0.1, 0.15) is 79.3 Å². The summed E-state index contributed by atoms with van der Waals surface area (Å²) in [7, 11) is 0. The fourth-order valence-electron chi connectivity index (χ4n) is 7.23. The molecule has 0 amide bonds. The molecule has 48 heavy (non-hydrogen) atoms. The van der Waals surface area contributed by atoms with E-state index >= 15 is 0 Å². The molecule has 0 radical (unpaired) electrons. The molecule has 0 bridgehead atoms. The SMILES string of the molecule is CCCC(/C=C(\N)c1ccccc1)(c1ccccc1)c1cccc(C(C)c2ccccc2C(/C=C2/C=CC3=C(C2)NCC=C3)=C(\C)N)c1. The molecule has 5 N–H and O–H groups in total. The van der Waals surface area contributed by atoms with Crippen LogP contribution in [0.5, 0.6) is 0 Å². The Morgan fingerprint density at radius 2 is 1.54 bits per heavy atom. The van der Waals surface area contributed by atoms with Gasteiger partial charge in [0, 0.05) is 47.0 Å². The van der Waals surface area contributed by atoms with Gasteiger partial charge in [0.2, 0.25) is 0 Å². The number of nitrogens with two attached hydrogens (primary N) is 2. The zero-order valence-electron chi connectivity index (χ0n) is 28.4. The van der Waals surface area contributed by atoms with E-state index in [4.69, 9.17) is 11.5 Å². The van der Waals surface area contributed by atoms with Crippen LogP contribution in [0, 0.1) is 0 Å². The van der Waals surface area contributed by atoms with E-state index in [9.17, 15) is 0 Å². The van der Waals surface area contributed by atoms with Crippen LogP contribution in [0.3, 0.4) is 0 Å². The highest BCUT2D eigenvalue weighted by atomic mass is 14.9. The Hall–Kier alpha value is -5.28. The minimum absolute atomic E-state index is 0.126. The van der Waals surface area contributed by atoms with Gasteiger partial charge in [-0.25, -0.2) is 0 Å². The molecule has 0 fully saturated rings. The molecule has 3 heteroatoms. The van der Waals surface area contributed by atoms with Gasteiger partial charge in [-0.3, -0.25) is 0 Å². The summed E-state index contributed by atoms with van der Waals surface area (Å²) in [5, 5.41) is 3.54. The van der Waals surface area contributed by atoms with Gasteiger partial charge in [0.15, 0.2) is 0 Å². The van der Waals surface area contributed by atoms with Crippen molar-refractivity contribution < 1.29 is 0 Å². The van der Waals surface area contributed by atoms with Crippen LogP contribution in [0.15, 0.2) is 168 Å². The summed E-state index contributed by atoms with van der Waals surface area (Å²) in [6, 6.07) is 39.0. The third-order valence-corrected chi connectivity index (χ3v) is 9.75. The zero-order chi connectivity index (χ0) is 33.5. The molecule has 0 saturated heterocycles. The fraction of sp³-hybridized carbons (Fsp3) is 0.200. The van der Waals surface area contributed by atoms with Crippen LogP contribution < -0.4 is 16.8 Å². The Balaban J connectivity index is 1.42. The molecule has 4 aromatic rings. The molecule has 4 aromatic carbocycles. The second-order valence-electron chi connectivity index (χ2n) is 13.0. The molecular formula is C45H47N3. The van der Waals surface area contributed by atoms with Crippen molar-refractivity contribution in [3.8, 4) is 0 Å². The third kappa shape index (κ3) is 6.87. The molecule has 2 unspecified atom stereocenters. The molecule has 1 heterocycles. The van der Waals surface area contributed by atoms with E-state index in [1.54, 1.807) is 0 Å². The number of dihydropyridines is 1. The molecular weight excluding hydrogens is 583 g/mol. The first-order chi connectivity index (χ1) is 23.4. The Morgan fingerprint density at radius 1 is 0.833 bits per heavy atom. The lowest BCUT2D eigenvalue weighted by molar-refractivity contribution is 0.569. The largest absolute Gasteiger partial charge is 0.402 e. The Kier molecular flexibility index (Phi) is 9.96. The standard InChI is InChI=1S/C45H47N3/c1-4-26-45(38-19-9-6-10-20-38,31-43(47)35-15-7-5-8-16-35)39-21-13-17-37(30-39)32(2)40-22-11-12-23-41(40)42(33(3)46)28-34-24-25-36-18-14-27-48-44(36)29-34/h5-25,28,30-32,48H,4,26-27,29,46-47H2,1-3H3/b34-28-,42-33+,43-31-. The van der Waals surface area contributed by atoms with E-state index in [0.717, 1.165) is 48.3 Å². The van der Waals surface area contributed by atoms with Crippen LogP contribution in [0.25, 0.3) is 11.3 Å². The molecule has 242 valence electrons. The Bertz CT molecular complexity index is 1930. The van der Waals surface area contributed by atoms with Gasteiger partial charge in [0.25, 0.3) is 0 Å². The second-order valence-corrected chi connectivity index (χ2v) is 13.0. The van der Waals surface area contributed by atoms with Gasteiger partial charge < -0.3 is 16.8 Å². The minimum Gasteiger partial charge on any atom is -0.402 e. The van der Waals surface area contributed by atoms with Crippen LogP contribution >= 0.6 is 0 Å². The summed E-state index contributed by atoms with van der Waals surface area (Å²) < 4.78 is 0. The van der Waals surface area contributed by atoms with Crippen molar-refractivity contribution in [1.29, 1.82) is 0 Å². The first-order valence-electron chi connectivity index (χ1n) is 17.2. The number of allylic oxidation sites excluding steroid dienone is 9. The topological polar surface area (TPSA) is 64.1 Å². The summed E-state index contributed by atoms with van der Waals surface area (Å²) in [4.78, 5) is 0. The highest BCUT2D eigenvalue weighted by Crippen LogP contribution is 2.42. The summed E-state index contributed by atoms with van der Waals surface area (Å²) in [6.45, 7) is 7.44. The number of nitrogens with one attached hydrogen (secondary N) is 1. The van der Waals surface area contributed by atoms with E-state index < -0.39 is 5.41 Å². The first-order valence-corrected chi connectivity index (χ1v) is 17.2. The number of rotatable bonds is 10. The lowest BCUT2D eigenvalue weighted by Gasteiger charge is -2.34. The molecule has 0 spiro atoms. The lowest BCUT2D eigenvalue weighted by atomic mass is 9.69. The molecule has 2 atom stereocenters. The summed E-state index contributed by atoms with van der Waals surface area (Å²) in [5.74, 6) is 0.126. The maximum Gasteiger partial charge on any atom is 0.0404 e. The van der Waals surface area contributed by atoms with Crippen molar-refractivity contribution in [2.75, 3.05) is 6.54 Å². The second kappa shape index (κ2) is 14.6. The van der Waals surface area contributed by atoms with Gasteiger partial charge in [0.1, 0.15) is 0 Å². The molecule has 0 saturated carbocycles. The fourth-order valence-corrected chi connectivity index (χ4v) is 7.23. The number of hydrogen-bond acceptors (Lipinski definition) is 3. The average molecular weight is 630 g/mol. The normalized spacial score (nSPS) is 17.7. The average Bonchev–Trinajstić information content (AvgIpc) is 3.14. The van der Waals surface area contributed by atoms with E-state index in [1.165, 1.54) is 44.7 Å². The summed E-state index contributed by atoms with van der Waals surface area (Å²) in [5.41, 5.74) is 26.8. The lowest BCUT2D eigenvalue weighted by Crippen LogP contribution is -2.27. The van der Waals surface area contributed by atoms with Crippen molar-refractivity contribution in [2.45, 2.75) is 51.4 Å². The molecule has 3 nitrogen and oxygen atoms in total. The van der Waals surface area contributed by atoms with Gasteiger partial charge in [-0.1, -0.05) is 154 Å². The van der Waals surface area contributed by atoms with Gasteiger partial charge >= 0.3 is 0 Å². The van der Waals surface area contributed by atoms with Crippen LogP contribution in [0.4, 0.5) is 0 Å². The minimum atomic E-state index is -0.391. The smallest absolute Gasteiger partial charge is 0.0404 e. The maximum atomic E-state index is 6.89. The van der Waals surface area contributed by atoms with Gasteiger partial charge in [-0.2, -0.15) is 0 Å². The highest BCUT2D eigenvalue weighted by Gasteiger charge is 2.32. The van der Waals surface area contributed by atoms with Gasteiger partial charge in [-0.05, 0) is 70.0 Å². The predicted octanol–water partition coefficient (Wildman–Crippen LogP) is 9.91. The quantitative estimate of drug-likeness (QED) is 0.164. The summed E-state index contributed by atoms with van der Waals surface area (Å²) >= 11 is 0. The van der Waals surface area contributed by atoms with E-state index in [2.05, 4.69) is 147 Å². The molecule has 1 aliphatic carbocycles. The first kappa shape index (κ1) is 32.7. The van der Waals surface area contributed by atoms with Crippen LogP contribution in [0.2, 0.25) is 0 Å². The van der Waals surface area contributed by atoms with Crippen molar-refractivity contribution >= 4 is 11.3 Å². The number of hydrogen-bond donors (Lipinski definition) is 3. The number of benzene rings is 4. The monoisotopic (exact) mass is 629 g/mol. The Labute approximate surface area is 286 Å². The molecule has 6 rings (SSSR count). The van der Waals surface area contributed by atoms with Crippen LogP contribution in [-0.4, -0.2) is 6.54 Å². The van der Waals surface area contributed by atoms with E-state index in [-0.39, 0.29) is 5.92 Å². The van der Waals surface area contributed by atoms with Crippen molar-refractivity contribution in [3.63, 3.8) is 0 Å². The molecule has 2 aliphatic rings. The molecule has 1 aliphatic heterocycles. The Morgan fingerprint density at radius 3 is 2.29 bits per heavy atom. The zero-order valence-corrected chi connectivity index (χ0v) is 28.4. The molecule has 0 aromatic heterocycles. The van der Waals surface area contributed by atoms with Crippen LogP contribution in [-0.2, 0) is 5.41 Å². The van der Waals surface area contributed by atoms with E-state index in [1.807, 2.05) is 25.1 Å². The van der Waals surface area contributed by atoms with Crippen molar-refractivity contribution in [3.05, 3.63) is 202 Å². The maximum absolute atomic E-state index is 6.89. The summed E-state index contributed by atoms with van der Waals surface area (Å²) in [6.07, 6.45) is 16.2. The predicted molar refractivity (Wildman–Crippen MR) is 204 cm³/mol. The van der Waals surface area contributed by atoms with E-state index in [0.29, 0.717) is 0 Å². The third-order valence-electron chi connectivity index (χ3n) is 9.75. The van der Waals surface area contributed by atoms with Crippen molar-refractivity contribution in [2.24, 2.45) is 11.5 Å². The van der Waals surface area contributed by atoms with Gasteiger partial charge in [0.05, 0.1) is 0 Å². The van der Waals surface area contributed by atoms with Crippen molar-refractivity contribution in [1.82, 2.24) is 5.32 Å². The highest BCUT2D eigenvalue weighted by molar-refractivity contribution is 5.80.